The third-order valence-corrected chi connectivity index (χ3v) is 3.56. The highest BCUT2D eigenvalue weighted by Crippen LogP contribution is 2.40. The molecule has 3 heteroatoms. The summed E-state index contributed by atoms with van der Waals surface area (Å²) in [6.07, 6.45) is 3.02. The standard InChI is InChI=1S/C9H11NOS/c1-6-5-8-7(3-4-12-8)9(11)10(6)2/h5,7H,1,3-4H2,2H3. The van der Waals surface area contributed by atoms with E-state index in [1.54, 1.807) is 23.7 Å². The van der Waals surface area contributed by atoms with Gasteiger partial charge in [0.25, 0.3) is 0 Å². The Balaban J connectivity index is 2.38. The normalized spacial score (nSPS) is 28.9. The Labute approximate surface area is 76.3 Å². The molecule has 0 bridgehead atoms. The summed E-state index contributed by atoms with van der Waals surface area (Å²) in [5, 5.41) is 0. The second-order valence-electron chi connectivity index (χ2n) is 3.13. The van der Waals surface area contributed by atoms with Crippen LogP contribution in [0.5, 0.6) is 0 Å². The average molecular weight is 181 g/mol. The highest BCUT2D eigenvalue weighted by Gasteiger charge is 2.34. The molecule has 0 saturated carbocycles. The van der Waals surface area contributed by atoms with E-state index in [9.17, 15) is 4.79 Å². The number of likely N-dealkylation sites (N-methyl/N-ethyl adjacent to an activating group) is 1. The summed E-state index contributed by atoms with van der Waals surface area (Å²) in [6, 6.07) is 0. The van der Waals surface area contributed by atoms with Crippen LogP contribution in [0.3, 0.4) is 0 Å². The van der Waals surface area contributed by atoms with E-state index >= 15 is 0 Å². The summed E-state index contributed by atoms with van der Waals surface area (Å²) in [6.45, 7) is 3.82. The summed E-state index contributed by atoms with van der Waals surface area (Å²) < 4.78 is 0. The summed E-state index contributed by atoms with van der Waals surface area (Å²) >= 11 is 1.79. The van der Waals surface area contributed by atoms with Crippen molar-refractivity contribution >= 4 is 17.7 Å². The van der Waals surface area contributed by atoms with Gasteiger partial charge in [0, 0.05) is 12.7 Å². The molecule has 0 aromatic heterocycles. The number of amides is 1. The maximum Gasteiger partial charge on any atom is 0.234 e. The maximum absolute atomic E-state index is 11.6. The Hall–Kier alpha value is -0.700. The molecule has 1 amide bonds. The lowest BCUT2D eigenvalue weighted by molar-refractivity contribution is -0.131. The van der Waals surface area contributed by atoms with Gasteiger partial charge in [-0.05, 0) is 23.2 Å². The molecule has 0 radical (unpaired) electrons. The Morgan fingerprint density at radius 3 is 3.25 bits per heavy atom. The smallest absolute Gasteiger partial charge is 0.234 e. The topological polar surface area (TPSA) is 20.3 Å². The first-order valence-corrected chi connectivity index (χ1v) is 4.99. The number of hydrogen-bond donors (Lipinski definition) is 0. The van der Waals surface area contributed by atoms with E-state index < -0.39 is 0 Å². The molecule has 64 valence electrons. The molecular weight excluding hydrogens is 170 g/mol. The Morgan fingerprint density at radius 1 is 1.75 bits per heavy atom. The second kappa shape index (κ2) is 2.66. The van der Waals surface area contributed by atoms with Crippen LogP contribution in [-0.4, -0.2) is 23.6 Å². The van der Waals surface area contributed by atoms with Crippen molar-refractivity contribution in [1.82, 2.24) is 4.90 Å². The lowest BCUT2D eigenvalue weighted by Crippen LogP contribution is -2.34. The molecule has 0 N–H and O–H groups in total. The van der Waals surface area contributed by atoms with Gasteiger partial charge in [-0.15, -0.1) is 11.8 Å². The van der Waals surface area contributed by atoms with E-state index in [1.165, 1.54) is 4.91 Å². The molecule has 12 heavy (non-hydrogen) atoms. The van der Waals surface area contributed by atoms with Crippen molar-refractivity contribution in [2.45, 2.75) is 6.42 Å². The van der Waals surface area contributed by atoms with Gasteiger partial charge in [-0.1, -0.05) is 6.58 Å². The fraction of sp³-hybridized carbons (Fsp3) is 0.444. The van der Waals surface area contributed by atoms with Gasteiger partial charge in [0.1, 0.15) is 0 Å². The van der Waals surface area contributed by atoms with Gasteiger partial charge in [0.05, 0.1) is 5.92 Å². The lowest BCUT2D eigenvalue weighted by Gasteiger charge is -2.26. The number of allylic oxidation sites excluding steroid dienone is 1. The first kappa shape index (κ1) is 7.92. The zero-order valence-corrected chi connectivity index (χ0v) is 7.86. The van der Waals surface area contributed by atoms with Crippen LogP contribution in [0.4, 0.5) is 0 Å². The fourth-order valence-electron chi connectivity index (χ4n) is 1.56. The first-order valence-electron chi connectivity index (χ1n) is 4.01. The Bertz CT molecular complexity index is 282. The van der Waals surface area contributed by atoms with Crippen LogP contribution in [-0.2, 0) is 4.79 Å². The van der Waals surface area contributed by atoms with Gasteiger partial charge in [-0.3, -0.25) is 4.79 Å². The average Bonchev–Trinajstić information content (AvgIpc) is 2.48. The molecule has 2 aliphatic rings. The maximum atomic E-state index is 11.6. The van der Waals surface area contributed by atoms with Gasteiger partial charge >= 0.3 is 0 Å². The summed E-state index contributed by atoms with van der Waals surface area (Å²) in [5.74, 6) is 1.43. The van der Waals surface area contributed by atoms with Gasteiger partial charge in [0.15, 0.2) is 0 Å². The fourth-order valence-corrected chi connectivity index (χ4v) is 2.79. The Morgan fingerprint density at radius 2 is 2.50 bits per heavy atom. The number of nitrogens with zero attached hydrogens (tertiary/aromatic N) is 1. The molecule has 0 aliphatic carbocycles. The first-order chi connectivity index (χ1) is 5.70. The molecule has 1 atom stereocenters. The minimum Gasteiger partial charge on any atom is -0.316 e. The quantitative estimate of drug-likeness (QED) is 0.566. The van der Waals surface area contributed by atoms with Crippen LogP contribution in [0.15, 0.2) is 23.3 Å². The minimum atomic E-state index is 0.144. The highest BCUT2D eigenvalue weighted by atomic mass is 32.2. The van der Waals surface area contributed by atoms with E-state index in [4.69, 9.17) is 0 Å². The molecule has 2 heterocycles. The molecule has 0 aromatic carbocycles. The van der Waals surface area contributed by atoms with Crippen molar-refractivity contribution in [2.24, 2.45) is 5.92 Å². The van der Waals surface area contributed by atoms with Crippen molar-refractivity contribution in [3.8, 4) is 0 Å². The van der Waals surface area contributed by atoms with E-state index in [-0.39, 0.29) is 11.8 Å². The van der Waals surface area contributed by atoms with Crippen molar-refractivity contribution in [2.75, 3.05) is 12.8 Å². The van der Waals surface area contributed by atoms with E-state index in [0.717, 1.165) is 17.9 Å². The second-order valence-corrected chi connectivity index (χ2v) is 4.29. The van der Waals surface area contributed by atoms with Gasteiger partial charge < -0.3 is 4.90 Å². The number of fused-ring (bicyclic) bond motifs is 1. The molecule has 1 saturated heterocycles. The molecular formula is C9H11NOS. The van der Waals surface area contributed by atoms with Crippen LogP contribution >= 0.6 is 11.8 Å². The van der Waals surface area contributed by atoms with Crippen molar-refractivity contribution < 1.29 is 4.79 Å². The SMILES string of the molecule is C=C1C=C2SCCC2C(=O)N1C. The molecule has 2 aliphatic heterocycles. The van der Waals surface area contributed by atoms with Gasteiger partial charge in [0.2, 0.25) is 5.91 Å². The van der Waals surface area contributed by atoms with Crippen LogP contribution in [0.1, 0.15) is 6.42 Å². The molecule has 1 fully saturated rings. The molecule has 2 rings (SSSR count). The number of hydrogen-bond acceptors (Lipinski definition) is 2. The number of rotatable bonds is 0. The van der Waals surface area contributed by atoms with Crippen molar-refractivity contribution in [3.63, 3.8) is 0 Å². The predicted molar refractivity (Wildman–Crippen MR) is 50.6 cm³/mol. The third kappa shape index (κ3) is 1.00. The molecule has 0 aromatic rings. The minimum absolute atomic E-state index is 0.144. The summed E-state index contributed by atoms with van der Waals surface area (Å²) in [5.41, 5.74) is 0.820. The lowest BCUT2D eigenvalue weighted by atomic mass is 10.0. The summed E-state index contributed by atoms with van der Waals surface area (Å²) in [7, 11) is 1.79. The van der Waals surface area contributed by atoms with E-state index in [1.807, 2.05) is 6.08 Å². The van der Waals surface area contributed by atoms with Crippen LogP contribution in [0, 0.1) is 5.92 Å². The molecule has 1 unspecified atom stereocenters. The number of thioether (sulfide) groups is 1. The van der Waals surface area contributed by atoms with E-state index in [0.29, 0.717) is 0 Å². The number of carbonyl (C=O) groups excluding carboxylic acids is 1. The van der Waals surface area contributed by atoms with Gasteiger partial charge in [-0.2, -0.15) is 0 Å². The Kier molecular flexibility index (Phi) is 1.76. The molecule has 0 spiro atoms. The number of carbonyl (C=O) groups is 1. The van der Waals surface area contributed by atoms with Gasteiger partial charge in [-0.25, -0.2) is 0 Å². The predicted octanol–water partition coefficient (Wildman–Crippen LogP) is 1.61. The molecule has 2 nitrogen and oxygen atoms in total. The largest absolute Gasteiger partial charge is 0.316 e. The van der Waals surface area contributed by atoms with Crippen LogP contribution in [0.2, 0.25) is 0 Å². The third-order valence-electron chi connectivity index (χ3n) is 2.39. The zero-order chi connectivity index (χ0) is 8.72. The zero-order valence-electron chi connectivity index (χ0n) is 7.04. The van der Waals surface area contributed by atoms with E-state index in [2.05, 4.69) is 6.58 Å². The summed E-state index contributed by atoms with van der Waals surface area (Å²) in [4.78, 5) is 14.5. The van der Waals surface area contributed by atoms with Crippen LogP contribution < -0.4 is 0 Å². The van der Waals surface area contributed by atoms with Crippen molar-refractivity contribution in [3.05, 3.63) is 23.3 Å². The van der Waals surface area contributed by atoms with Crippen molar-refractivity contribution in [1.29, 1.82) is 0 Å². The highest BCUT2D eigenvalue weighted by molar-refractivity contribution is 8.03. The monoisotopic (exact) mass is 181 g/mol. The van der Waals surface area contributed by atoms with Crippen LogP contribution in [0.25, 0.3) is 0 Å².